The quantitative estimate of drug-likeness (QED) is 0.685. The van der Waals surface area contributed by atoms with Crippen LogP contribution in [0, 0.1) is 0 Å². The molecule has 2 atom stereocenters. The van der Waals surface area contributed by atoms with E-state index in [1.807, 2.05) is 25.4 Å². The van der Waals surface area contributed by atoms with Gasteiger partial charge in [0.1, 0.15) is 6.10 Å². The molecule has 0 aromatic carbocycles. The summed E-state index contributed by atoms with van der Waals surface area (Å²) < 4.78 is 5.59. The molecule has 1 aromatic heterocycles. The van der Waals surface area contributed by atoms with Gasteiger partial charge in [0.2, 0.25) is 0 Å². The van der Waals surface area contributed by atoms with Gasteiger partial charge in [-0.25, -0.2) is 0 Å². The van der Waals surface area contributed by atoms with E-state index in [4.69, 9.17) is 17.0 Å². The maximum absolute atomic E-state index is 11.4. The third-order valence-electron chi connectivity index (χ3n) is 3.95. The van der Waals surface area contributed by atoms with E-state index in [1.54, 1.807) is 6.20 Å². The Hall–Kier alpha value is -1.49. The first-order chi connectivity index (χ1) is 9.61. The predicted octanol–water partition coefficient (Wildman–Crippen LogP) is 2.37. The molecule has 1 N–H and O–H groups in total. The van der Waals surface area contributed by atoms with E-state index in [2.05, 4.69) is 10.3 Å². The Morgan fingerprint density at radius 2 is 2.35 bits per heavy atom. The Labute approximate surface area is 124 Å². The number of carbonyl (C=O) groups excluding carboxylic acids is 1. The number of thiocarbonyl (C=S) groups is 1. The van der Waals surface area contributed by atoms with Gasteiger partial charge in [-0.2, -0.15) is 0 Å². The van der Waals surface area contributed by atoms with Crippen molar-refractivity contribution in [3.8, 4) is 0 Å². The average Bonchev–Trinajstić information content (AvgIpc) is 2.47. The summed E-state index contributed by atoms with van der Waals surface area (Å²) in [7, 11) is 1.82. The maximum Gasteiger partial charge on any atom is 0.302 e. The summed E-state index contributed by atoms with van der Waals surface area (Å²) in [6.45, 7) is 1.45. The molecular weight excluding hydrogens is 272 g/mol. The zero-order valence-corrected chi connectivity index (χ0v) is 12.7. The molecule has 4 nitrogen and oxygen atoms in total. The Morgan fingerprint density at radius 1 is 1.55 bits per heavy atom. The van der Waals surface area contributed by atoms with Gasteiger partial charge in [-0.3, -0.25) is 9.78 Å². The lowest BCUT2D eigenvalue weighted by Gasteiger charge is -2.43. The number of aromatic nitrogens is 1. The normalized spacial score (nSPS) is 25.8. The number of pyridine rings is 1. The third-order valence-corrected chi connectivity index (χ3v) is 4.52. The number of rotatable bonds is 3. The summed E-state index contributed by atoms with van der Waals surface area (Å²) in [5.74, 6) is -0.260. The summed E-state index contributed by atoms with van der Waals surface area (Å²) in [6, 6.07) is 3.91. The van der Waals surface area contributed by atoms with Gasteiger partial charge in [0.15, 0.2) is 0 Å². The summed E-state index contributed by atoms with van der Waals surface area (Å²) in [6.07, 6.45) is 7.15. The largest absolute Gasteiger partial charge is 0.461 e. The van der Waals surface area contributed by atoms with Crippen LogP contribution in [0.4, 0.5) is 0 Å². The highest BCUT2D eigenvalue weighted by Gasteiger charge is 2.47. The Kier molecular flexibility index (Phi) is 4.70. The SMILES string of the molecule is CNC(=S)[C@]1(c2cccnc2)CCCC[C@@H]1OC(C)=O. The molecule has 0 aliphatic heterocycles. The molecule has 2 rings (SSSR count). The second kappa shape index (κ2) is 6.31. The van der Waals surface area contributed by atoms with Crippen molar-refractivity contribution >= 4 is 23.2 Å². The van der Waals surface area contributed by atoms with Crippen LogP contribution in [0.25, 0.3) is 0 Å². The number of hydrogen-bond donors (Lipinski definition) is 1. The van der Waals surface area contributed by atoms with E-state index >= 15 is 0 Å². The van der Waals surface area contributed by atoms with Gasteiger partial charge in [-0.1, -0.05) is 24.7 Å². The van der Waals surface area contributed by atoms with Crippen molar-refractivity contribution in [3.63, 3.8) is 0 Å². The Morgan fingerprint density at radius 3 is 2.95 bits per heavy atom. The second-order valence-corrected chi connectivity index (χ2v) is 5.54. The molecule has 1 fully saturated rings. The van der Waals surface area contributed by atoms with Crippen LogP contribution in [0.2, 0.25) is 0 Å². The van der Waals surface area contributed by atoms with Crippen LogP contribution in [-0.4, -0.2) is 29.1 Å². The van der Waals surface area contributed by atoms with Crippen LogP contribution < -0.4 is 5.32 Å². The fourth-order valence-corrected chi connectivity index (χ4v) is 3.42. The number of carbonyl (C=O) groups is 1. The first-order valence-corrected chi connectivity index (χ1v) is 7.32. The van der Waals surface area contributed by atoms with E-state index in [0.29, 0.717) is 0 Å². The van der Waals surface area contributed by atoms with Crippen LogP contribution in [0.1, 0.15) is 38.2 Å². The van der Waals surface area contributed by atoms with Crippen molar-refractivity contribution in [2.24, 2.45) is 0 Å². The molecule has 0 radical (unpaired) electrons. The lowest BCUT2D eigenvalue weighted by atomic mass is 9.67. The van der Waals surface area contributed by atoms with Crippen molar-refractivity contribution in [3.05, 3.63) is 30.1 Å². The van der Waals surface area contributed by atoms with Crippen LogP contribution in [-0.2, 0) is 14.9 Å². The zero-order chi connectivity index (χ0) is 14.6. The molecular formula is C15H20N2O2S. The van der Waals surface area contributed by atoms with E-state index in [-0.39, 0.29) is 12.1 Å². The molecule has 108 valence electrons. The van der Waals surface area contributed by atoms with Crippen LogP contribution in [0.3, 0.4) is 0 Å². The molecule has 20 heavy (non-hydrogen) atoms. The molecule has 0 amide bonds. The number of nitrogens with zero attached hydrogens (tertiary/aromatic N) is 1. The second-order valence-electron chi connectivity index (χ2n) is 5.14. The first kappa shape index (κ1) is 14.9. The highest BCUT2D eigenvalue weighted by molar-refractivity contribution is 7.80. The monoisotopic (exact) mass is 292 g/mol. The van der Waals surface area contributed by atoms with Crippen molar-refractivity contribution in [1.82, 2.24) is 10.3 Å². The van der Waals surface area contributed by atoms with Gasteiger partial charge >= 0.3 is 5.97 Å². The van der Waals surface area contributed by atoms with Gasteiger partial charge in [0, 0.05) is 26.4 Å². The smallest absolute Gasteiger partial charge is 0.302 e. The van der Waals surface area contributed by atoms with Gasteiger partial charge in [-0.15, -0.1) is 0 Å². The fourth-order valence-electron chi connectivity index (χ4n) is 3.07. The van der Waals surface area contributed by atoms with Gasteiger partial charge in [0.25, 0.3) is 0 Å². The number of ether oxygens (including phenoxy) is 1. The summed E-state index contributed by atoms with van der Waals surface area (Å²) >= 11 is 5.57. The van der Waals surface area contributed by atoms with Crippen LogP contribution >= 0.6 is 12.2 Å². The first-order valence-electron chi connectivity index (χ1n) is 6.91. The summed E-state index contributed by atoms with van der Waals surface area (Å²) in [5, 5.41) is 3.09. The summed E-state index contributed by atoms with van der Waals surface area (Å²) in [5.41, 5.74) is 0.563. The number of nitrogens with one attached hydrogen (secondary N) is 1. The molecule has 1 aliphatic carbocycles. The average molecular weight is 292 g/mol. The van der Waals surface area contributed by atoms with Crippen molar-refractivity contribution in [1.29, 1.82) is 0 Å². The number of hydrogen-bond acceptors (Lipinski definition) is 4. The molecule has 0 bridgehead atoms. The highest BCUT2D eigenvalue weighted by atomic mass is 32.1. The van der Waals surface area contributed by atoms with Crippen molar-refractivity contribution < 1.29 is 9.53 Å². The van der Waals surface area contributed by atoms with E-state index in [9.17, 15) is 4.79 Å². The minimum Gasteiger partial charge on any atom is -0.461 e. The Bertz CT molecular complexity index is 492. The molecule has 1 heterocycles. The molecule has 0 spiro atoms. The molecule has 5 heteroatoms. The molecule has 1 aliphatic rings. The van der Waals surface area contributed by atoms with Crippen LogP contribution in [0.5, 0.6) is 0 Å². The fraction of sp³-hybridized carbons (Fsp3) is 0.533. The highest BCUT2D eigenvalue weighted by Crippen LogP contribution is 2.42. The van der Waals surface area contributed by atoms with Crippen molar-refractivity contribution in [2.75, 3.05) is 7.05 Å². The maximum atomic E-state index is 11.4. The van der Waals surface area contributed by atoms with E-state index < -0.39 is 5.41 Å². The van der Waals surface area contributed by atoms with E-state index in [1.165, 1.54) is 6.92 Å². The van der Waals surface area contributed by atoms with E-state index in [0.717, 1.165) is 36.2 Å². The lowest BCUT2D eigenvalue weighted by molar-refractivity contribution is -0.150. The zero-order valence-electron chi connectivity index (χ0n) is 11.9. The molecule has 0 unspecified atom stereocenters. The standard InChI is InChI=1S/C15H20N2O2S/c1-11(18)19-13-7-3-4-8-15(13,14(20)16-2)12-6-5-9-17-10-12/h5-6,9-10,13H,3-4,7-8H2,1-2H3,(H,16,20)/t13-,15-/m0/s1. The number of esters is 1. The summed E-state index contributed by atoms with van der Waals surface area (Å²) in [4.78, 5) is 16.4. The minimum atomic E-state index is -0.456. The predicted molar refractivity (Wildman–Crippen MR) is 81.6 cm³/mol. The minimum absolute atomic E-state index is 0.224. The third kappa shape index (κ3) is 2.68. The van der Waals surface area contributed by atoms with Crippen molar-refractivity contribution in [2.45, 2.75) is 44.1 Å². The van der Waals surface area contributed by atoms with Gasteiger partial charge in [0.05, 0.1) is 10.4 Å². The van der Waals surface area contributed by atoms with Crippen LogP contribution in [0.15, 0.2) is 24.5 Å². The lowest BCUT2D eigenvalue weighted by Crippen LogP contribution is -2.53. The van der Waals surface area contributed by atoms with Gasteiger partial charge in [-0.05, 0) is 30.9 Å². The Balaban J connectivity index is 2.48. The molecule has 1 aromatic rings. The molecule has 0 saturated heterocycles. The van der Waals surface area contributed by atoms with Gasteiger partial charge < -0.3 is 10.1 Å². The molecule has 1 saturated carbocycles. The topological polar surface area (TPSA) is 51.2 Å². The number of likely N-dealkylation sites (N-methyl/N-ethyl adjacent to an activating group) is 1.